The van der Waals surface area contributed by atoms with E-state index in [4.69, 9.17) is 17.3 Å². The zero-order chi connectivity index (χ0) is 10.3. The lowest BCUT2D eigenvalue weighted by molar-refractivity contribution is -0.138. The van der Waals surface area contributed by atoms with Gasteiger partial charge in [0.25, 0.3) is 0 Å². The highest BCUT2D eigenvalue weighted by molar-refractivity contribution is 5.73. The Kier molecular flexibility index (Phi) is 5.94. The number of nitrogens with two attached hydrogens (primary N) is 1. The largest absolute Gasteiger partial charge is 0.480 e. The maximum absolute atomic E-state index is 10.3. The first kappa shape index (κ1) is 11.9. The molecule has 4 nitrogen and oxygen atoms in total. The van der Waals surface area contributed by atoms with Gasteiger partial charge in [-0.1, -0.05) is 19.3 Å². The third-order valence-electron chi connectivity index (χ3n) is 1.68. The van der Waals surface area contributed by atoms with E-state index in [1.54, 1.807) is 0 Å². The smallest absolute Gasteiger partial charge is 0.321 e. The van der Waals surface area contributed by atoms with Gasteiger partial charge >= 0.3 is 5.97 Å². The van der Waals surface area contributed by atoms with Crippen LogP contribution >= 0.6 is 0 Å². The predicted octanol–water partition coefficient (Wildman–Crippen LogP) is -0.210. The van der Waals surface area contributed by atoms with Gasteiger partial charge in [0.1, 0.15) is 6.04 Å². The number of hydrogen-bond donors (Lipinski definition) is 3. The average molecular weight is 184 g/mol. The fraction of sp³-hybridized carbons (Fsp3) is 0.667. The van der Waals surface area contributed by atoms with Crippen LogP contribution in [0.15, 0.2) is 0 Å². The van der Waals surface area contributed by atoms with Crippen molar-refractivity contribution >= 4 is 5.97 Å². The highest BCUT2D eigenvalue weighted by atomic mass is 16.4. The number of nitrogens with one attached hydrogen (secondary N) is 1. The molecule has 0 aromatic rings. The van der Waals surface area contributed by atoms with Gasteiger partial charge in [-0.3, -0.25) is 4.79 Å². The molecule has 13 heavy (non-hydrogen) atoms. The first-order valence-corrected chi connectivity index (χ1v) is 4.29. The Hall–Kier alpha value is -1.05. The second-order valence-electron chi connectivity index (χ2n) is 2.86. The highest BCUT2D eigenvalue weighted by Gasteiger charge is 2.12. The van der Waals surface area contributed by atoms with Crippen molar-refractivity contribution < 1.29 is 9.90 Å². The maximum atomic E-state index is 10.3. The van der Waals surface area contributed by atoms with Gasteiger partial charge < -0.3 is 16.2 Å². The van der Waals surface area contributed by atoms with Gasteiger partial charge in [-0.25, -0.2) is 0 Å². The Balaban J connectivity index is 3.73. The quantitative estimate of drug-likeness (QED) is 0.499. The Morgan fingerprint density at radius 3 is 2.77 bits per heavy atom. The molecule has 0 aliphatic carbocycles. The minimum Gasteiger partial charge on any atom is -0.480 e. The van der Waals surface area contributed by atoms with Crippen LogP contribution < -0.4 is 11.1 Å². The second-order valence-corrected chi connectivity index (χ2v) is 2.86. The van der Waals surface area contributed by atoms with Crippen molar-refractivity contribution in [2.24, 2.45) is 5.73 Å². The summed E-state index contributed by atoms with van der Waals surface area (Å²) in [5.74, 6) is 1.52. The molecule has 0 spiro atoms. The van der Waals surface area contributed by atoms with Crippen molar-refractivity contribution in [1.29, 1.82) is 0 Å². The lowest BCUT2D eigenvalue weighted by Gasteiger charge is -2.13. The van der Waals surface area contributed by atoms with Crippen LogP contribution in [0.2, 0.25) is 0 Å². The number of aliphatic carboxylic acids is 1. The summed E-state index contributed by atoms with van der Waals surface area (Å²) >= 11 is 0. The van der Waals surface area contributed by atoms with Crippen LogP contribution in [-0.2, 0) is 4.79 Å². The van der Waals surface area contributed by atoms with E-state index in [1.165, 1.54) is 0 Å². The average Bonchev–Trinajstić information content (AvgIpc) is 2.11. The van der Waals surface area contributed by atoms with Gasteiger partial charge in [0, 0.05) is 6.54 Å². The number of rotatable bonds is 6. The Morgan fingerprint density at radius 2 is 2.38 bits per heavy atom. The van der Waals surface area contributed by atoms with Crippen molar-refractivity contribution in [3.63, 3.8) is 0 Å². The van der Waals surface area contributed by atoms with Crippen molar-refractivity contribution in [2.75, 3.05) is 6.54 Å². The van der Waals surface area contributed by atoms with Gasteiger partial charge in [-0.05, 0) is 6.42 Å². The molecule has 0 rings (SSSR count). The van der Waals surface area contributed by atoms with E-state index in [-0.39, 0.29) is 12.6 Å². The zero-order valence-electron chi connectivity index (χ0n) is 7.79. The van der Waals surface area contributed by atoms with E-state index in [0.29, 0.717) is 0 Å². The van der Waals surface area contributed by atoms with E-state index in [9.17, 15) is 4.79 Å². The molecule has 0 aromatic carbocycles. The number of carbonyl (C=O) groups is 1. The summed E-state index contributed by atoms with van der Waals surface area (Å²) in [6.07, 6.45) is 7.02. The second kappa shape index (κ2) is 6.46. The molecular weight excluding hydrogens is 168 g/mol. The van der Waals surface area contributed by atoms with Gasteiger partial charge in [-0.15, -0.1) is 6.42 Å². The molecule has 0 saturated heterocycles. The summed E-state index contributed by atoms with van der Waals surface area (Å²) in [6.45, 7) is 2.23. The summed E-state index contributed by atoms with van der Waals surface area (Å²) in [6, 6.07) is -0.955. The fourth-order valence-electron chi connectivity index (χ4n) is 0.890. The minimum absolute atomic E-state index is 0.0737. The van der Waals surface area contributed by atoms with Crippen molar-refractivity contribution in [3.8, 4) is 12.3 Å². The Labute approximate surface area is 78.5 Å². The van der Waals surface area contributed by atoms with Gasteiger partial charge in [0.05, 0.1) is 6.04 Å². The zero-order valence-corrected chi connectivity index (χ0v) is 7.79. The summed E-state index contributed by atoms with van der Waals surface area (Å²) in [4.78, 5) is 10.3. The third-order valence-corrected chi connectivity index (χ3v) is 1.68. The van der Waals surface area contributed by atoms with Crippen LogP contribution in [0.25, 0.3) is 0 Å². The first-order valence-electron chi connectivity index (χ1n) is 4.29. The van der Waals surface area contributed by atoms with Crippen LogP contribution in [0.3, 0.4) is 0 Å². The number of terminal acetylenes is 1. The molecule has 0 saturated carbocycles. The molecule has 4 heteroatoms. The summed E-state index contributed by atoms with van der Waals surface area (Å²) in [5.41, 5.74) is 5.29. The van der Waals surface area contributed by atoms with Crippen LogP contribution in [0, 0.1) is 12.3 Å². The topological polar surface area (TPSA) is 75.3 Å². The van der Waals surface area contributed by atoms with E-state index in [1.807, 2.05) is 6.92 Å². The minimum atomic E-state index is -1.01. The molecule has 0 aromatic heterocycles. The molecular formula is C9H16N2O2. The van der Waals surface area contributed by atoms with Gasteiger partial charge in [0.15, 0.2) is 0 Å². The highest BCUT2D eigenvalue weighted by Crippen LogP contribution is 1.94. The molecule has 0 bridgehead atoms. The molecule has 74 valence electrons. The van der Waals surface area contributed by atoms with Crippen molar-refractivity contribution in [1.82, 2.24) is 5.32 Å². The molecule has 4 N–H and O–H groups in total. The van der Waals surface area contributed by atoms with Crippen molar-refractivity contribution in [2.45, 2.75) is 31.8 Å². The molecule has 2 unspecified atom stereocenters. The van der Waals surface area contributed by atoms with Crippen LogP contribution in [-0.4, -0.2) is 29.7 Å². The number of hydrogen-bond acceptors (Lipinski definition) is 3. The van der Waals surface area contributed by atoms with Gasteiger partial charge in [0.2, 0.25) is 0 Å². The number of carboxylic acids is 1. The normalized spacial score (nSPS) is 14.5. The molecule has 0 radical (unpaired) electrons. The van der Waals surface area contributed by atoms with Crippen LogP contribution in [0.1, 0.15) is 19.8 Å². The Bertz CT molecular complexity index is 198. The van der Waals surface area contributed by atoms with Crippen molar-refractivity contribution in [3.05, 3.63) is 0 Å². The monoisotopic (exact) mass is 184 g/mol. The predicted molar refractivity (Wildman–Crippen MR) is 51.1 cm³/mol. The maximum Gasteiger partial charge on any atom is 0.321 e. The third kappa shape index (κ3) is 5.23. The van der Waals surface area contributed by atoms with Crippen LogP contribution in [0.4, 0.5) is 0 Å². The molecule has 0 aliphatic heterocycles. The standard InChI is InChI=1S/C9H16N2O2/c1-3-5-7(4-2)11-6-8(10)9(12)13/h2,7-8,11H,3,5-6,10H2,1H3,(H,12,13). The van der Waals surface area contributed by atoms with E-state index >= 15 is 0 Å². The number of carboxylic acid groups (broad SMARTS) is 1. The summed E-state index contributed by atoms with van der Waals surface area (Å²) < 4.78 is 0. The van der Waals surface area contributed by atoms with E-state index in [2.05, 4.69) is 11.2 Å². The lowest BCUT2D eigenvalue weighted by atomic mass is 10.1. The molecule has 2 atom stereocenters. The molecule has 0 amide bonds. The summed E-state index contributed by atoms with van der Waals surface area (Å²) in [7, 11) is 0. The van der Waals surface area contributed by atoms with E-state index in [0.717, 1.165) is 12.8 Å². The fourth-order valence-corrected chi connectivity index (χ4v) is 0.890. The summed E-state index contributed by atoms with van der Waals surface area (Å²) in [5, 5.41) is 11.4. The molecule has 0 aliphatic rings. The molecule has 0 heterocycles. The van der Waals surface area contributed by atoms with Crippen LogP contribution in [0.5, 0.6) is 0 Å². The lowest BCUT2D eigenvalue weighted by Crippen LogP contribution is -2.43. The Morgan fingerprint density at radius 1 is 1.77 bits per heavy atom. The first-order chi connectivity index (χ1) is 6.11. The van der Waals surface area contributed by atoms with E-state index < -0.39 is 12.0 Å². The molecule has 0 fully saturated rings. The SMILES string of the molecule is C#CC(CCC)NCC(N)C(=O)O. The van der Waals surface area contributed by atoms with Gasteiger partial charge in [-0.2, -0.15) is 0 Å².